The Morgan fingerprint density at radius 3 is 2.62 bits per heavy atom. The number of ether oxygens (including phenoxy) is 1. The first kappa shape index (κ1) is 16.5. The molecule has 0 saturated heterocycles. The number of thiophene rings is 1. The van der Waals surface area contributed by atoms with Crippen LogP contribution in [0, 0.1) is 6.92 Å². The number of hydrogen-bond acceptors (Lipinski definition) is 3. The summed E-state index contributed by atoms with van der Waals surface area (Å²) in [5.41, 5.74) is 2.48. The van der Waals surface area contributed by atoms with Crippen LogP contribution in [0.15, 0.2) is 34.1 Å². The van der Waals surface area contributed by atoms with Crippen LogP contribution in [0.25, 0.3) is 0 Å². The van der Waals surface area contributed by atoms with Gasteiger partial charge in [0, 0.05) is 22.1 Å². The first-order valence-electron chi connectivity index (χ1n) is 7.05. The molecular weight excluding hydrogens is 346 g/mol. The first-order chi connectivity index (χ1) is 9.87. The Morgan fingerprint density at radius 2 is 2.00 bits per heavy atom. The van der Waals surface area contributed by atoms with Crippen molar-refractivity contribution in [2.75, 3.05) is 0 Å². The van der Waals surface area contributed by atoms with Crippen molar-refractivity contribution in [2.24, 2.45) is 0 Å². The SMILES string of the molecule is Cc1cccc(CNC(C)(C)C)c1OCc1sccc1Br. The lowest BCUT2D eigenvalue weighted by molar-refractivity contribution is 0.301. The zero-order chi connectivity index (χ0) is 15.5. The molecule has 2 rings (SSSR count). The van der Waals surface area contributed by atoms with E-state index in [-0.39, 0.29) is 5.54 Å². The molecule has 4 heteroatoms. The number of nitrogens with one attached hydrogen (secondary N) is 1. The lowest BCUT2D eigenvalue weighted by Gasteiger charge is -2.22. The summed E-state index contributed by atoms with van der Waals surface area (Å²) in [6.07, 6.45) is 0. The van der Waals surface area contributed by atoms with Crippen molar-refractivity contribution in [2.45, 2.75) is 46.4 Å². The molecule has 1 N–H and O–H groups in total. The fraction of sp³-hybridized carbons (Fsp3) is 0.412. The van der Waals surface area contributed by atoms with Gasteiger partial charge in [0.2, 0.25) is 0 Å². The molecule has 2 nitrogen and oxygen atoms in total. The van der Waals surface area contributed by atoms with E-state index in [0.29, 0.717) is 6.61 Å². The molecular formula is C17H22BrNOS. The average molecular weight is 368 g/mol. The van der Waals surface area contributed by atoms with Crippen molar-refractivity contribution >= 4 is 27.3 Å². The van der Waals surface area contributed by atoms with Crippen molar-refractivity contribution in [1.29, 1.82) is 0 Å². The summed E-state index contributed by atoms with van der Waals surface area (Å²) in [5.74, 6) is 0.995. The molecule has 1 heterocycles. The maximum absolute atomic E-state index is 6.10. The largest absolute Gasteiger partial charge is 0.487 e. The molecule has 0 aliphatic heterocycles. The van der Waals surface area contributed by atoms with Crippen molar-refractivity contribution in [3.63, 3.8) is 0 Å². The van der Waals surface area contributed by atoms with Crippen molar-refractivity contribution in [3.05, 3.63) is 50.1 Å². The lowest BCUT2D eigenvalue weighted by atomic mass is 10.1. The van der Waals surface area contributed by atoms with Crippen molar-refractivity contribution in [1.82, 2.24) is 5.32 Å². The van der Waals surface area contributed by atoms with Crippen molar-refractivity contribution in [3.8, 4) is 5.75 Å². The Hall–Kier alpha value is -0.840. The van der Waals surface area contributed by atoms with Crippen molar-refractivity contribution < 1.29 is 4.74 Å². The second kappa shape index (κ2) is 6.95. The van der Waals surface area contributed by atoms with Gasteiger partial charge in [-0.2, -0.15) is 0 Å². The van der Waals surface area contributed by atoms with Gasteiger partial charge in [-0.05, 0) is 60.6 Å². The third-order valence-electron chi connectivity index (χ3n) is 3.14. The van der Waals surface area contributed by atoms with Gasteiger partial charge in [0.1, 0.15) is 12.4 Å². The van der Waals surface area contributed by atoms with E-state index in [1.165, 1.54) is 16.0 Å². The van der Waals surface area contributed by atoms with Gasteiger partial charge in [-0.15, -0.1) is 11.3 Å². The minimum atomic E-state index is 0.0950. The first-order valence-corrected chi connectivity index (χ1v) is 8.72. The van der Waals surface area contributed by atoms with Crippen LogP contribution in [-0.4, -0.2) is 5.54 Å². The molecule has 0 aliphatic carbocycles. The number of aryl methyl sites for hydroxylation is 1. The Bertz CT molecular complexity index is 601. The highest BCUT2D eigenvalue weighted by Gasteiger charge is 2.13. The minimum Gasteiger partial charge on any atom is -0.487 e. The van der Waals surface area contributed by atoms with E-state index in [0.717, 1.165) is 16.8 Å². The van der Waals surface area contributed by atoms with Gasteiger partial charge in [0.15, 0.2) is 0 Å². The Morgan fingerprint density at radius 1 is 1.24 bits per heavy atom. The van der Waals surface area contributed by atoms with Gasteiger partial charge < -0.3 is 10.1 Å². The van der Waals surface area contributed by atoms with E-state index in [1.807, 2.05) is 0 Å². The number of hydrogen-bond donors (Lipinski definition) is 1. The highest BCUT2D eigenvalue weighted by atomic mass is 79.9. The molecule has 0 spiro atoms. The number of benzene rings is 1. The maximum atomic E-state index is 6.10. The summed E-state index contributed by atoms with van der Waals surface area (Å²) in [4.78, 5) is 1.22. The monoisotopic (exact) mass is 367 g/mol. The standard InChI is InChI=1S/C17H22BrNOS/c1-12-6-5-7-13(10-19-17(2,3)4)16(12)20-11-15-14(18)8-9-21-15/h5-9,19H,10-11H2,1-4H3. The third kappa shape index (κ3) is 4.83. The van der Waals surface area contributed by atoms with Crippen LogP contribution in [0.1, 0.15) is 36.8 Å². The van der Waals surface area contributed by atoms with Gasteiger partial charge in [0.05, 0.1) is 4.88 Å². The molecule has 1 aromatic carbocycles. The van der Waals surface area contributed by atoms with E-state index in [1.54, 1.807) is 11.3 Å². The van der Waals surface area contributed by atoms with Crippen LogP contribution >= 0.6 is 27.3 Å². The Balaban J connectivity index is 2.12. The van der Waals surface area contributed by atoms with E-state index in [9.17, 15) is 0 Å². The molecule has 2 aromatic rings. The fourth-order valence-corrected chi connectivity index (χ4v) is 3.36. The summed E-state index contributed by atoms with van der Waals surface area (Å²) in [6.45, 7) is 10.0. The molecule has 1 aromatic heterocycles. The molecule has 0 saturated carbocycles. The maximum Gasteiger partial charge on any atom is 0.127 e. The van der Waals surface area contributed by atoms with E-state index in [4.69, 9.17) is 4.74 Å². The molecule has 0 radical (unpaired) electrons. The zero-order valence-corrected chi connectivity index (χ0v) is 15.4. The molecule has 0 unspecified atom stereocenters. The topological polar surface area (TPSA) is 21.3 Å². The molecule has 114 valence electrons. The predicted octanol–water partition coefficient (Wildman–Crippen LogP) is 5.29. The quantitative estimate of drug-likeness (QED) is 0.775. The number of para-hydroxylation sites is 1. The van der Waals surface area contributed by atoms with Crippen LogP contribution in [0.5, 0.6) is 5.75 Å². The minimum absolute atomic E-state index is 0.0950. The van der Waals surface area contributed by atoms with Gasteiger partial charge in [-0.3, -0.25) is 0 Å². The van der Waals surface area contributed by atoms with Crippen LogP contribution in [0.3, 0.4) is 0 Å². The fourth-order valence-electron chi connectivity index (χ4n) is 1.99. The van der Waals surface area contributed by atoms with E-state index >= 15 is 0 Å². The second-order valence-corrected chi connectivity index (χ2v) is 8.00. The van der Waals surface area contributed by atoms with E-state index in [2.05, 4.69) is 78.6 Å². The van der Waals surface area contributed by atoms with Crippen LogP contribution < -0.4 is 10.1 Å². The normalized spacial score (nSPS) is 11.7. The molecule has 21 heavy (non-hydrogen) atoms. The molecule has 0 bridgehead atoms. The highest BCUT2D eigenvalue weighted by Crippen LogP contribution is 2.28. The van der Waals surface area contributed by atoms with Crippen LogP contribution in [-0.2, 0) is 13.2 Å². The van der Waals surface area contributed by atoms with Crippen LogP contribution in [0.2, 0.25) is 0 Å². The second-order valence-electron chi connectivity index (χ2n) is 6.15. The third-order valence-corrected chi connectivity index (χ3v) is 5.04. The Labute approximate surface area is 139 Å². The van der Waals surface area contributed by atoms with Gasteiger partial charge >= 0.3 is 0 Å². The molecule has 0 fully saturated rings. The molecule has 0 aliphatic rings. The Kier molecular flexibility index (Phi) is 5.47. The molecule has 0 amide bonds. The van der Waals surface area contributed by atoms with Gasteiger partial charge in [-0.1, -0.05) is 18.2 Å². The van der Waals surface area contributed by atoms with Crippen LogP contribution in [0.4, 0.5) is 0 Å². The summed E-state index contributed by atoms with van der Waals surface area (Å²) in [5, 5.41) is 5.60. The summed E-state index contributed by atoms with van der Waals surface area (Å²) < 4.78 is 7.22. The average Bonchev–Trinajstić information content (AvgIpc) is 2.80. The van der Waals surface area contributed by atoms with Gasteiger partial charge in [-0.25, -0.2) is 0 Å². The lowest BCUT2D eigenvalue weighted by Crippen LogP contribution is -2.35. The highest BCUT2D eigenvalue weighted by molar-refractivity contribution is 9.10. The van der Waals surface area contributed by atoms with E-state index < -0.39 is 0 Å². The molecule has 0 atom stereocenters. The summed E-state index contributed by atoms with van der Waals surface area (Å²) in [7, 11) is 0. The number of rotatable bonds is 5. The zero-order valence-electron chi connectivity index (χ0n) is 13.0. The summed E-state index contributed by atoms with van der Waals surface area (Å²) >= 11 is 5.26. The van der Waals surface area contributed by atoms with Gasteiger partial charge in [0.25, 0.3) is 0 Å². The summed E-state index contributed by atoms with van der Waals surface area (Å²) in [6, 6.07) is 8.37. The number of halogens is 1. The smallest absolute Gasteiger partial charge is 0.127 e. The predicted molar refractivity (Wildman–Crippen MR) is 94.1 cm³/mol.